The van der Waals surface area contributed by atoms with Crippen LogP contribution in [-0.2, 0) is 31.0 Å². The molecule has 10 nitrogen and oxygen atoms in total. The van der Waals surface area contributed by atoms with Crippen molar-refractivity contribution in [2.24, 2.45) is 5.14 Å². The molecule has 4 N–H and O–H groups in total. The molecule has 1 aromatic carbocycles. The molecule has 1 amide bonds. The molecule has 2 aliphatic rings. The second-order valence-corrected chi connectivity index (χ2v) is 10.4. The highest BCUT2D eigenvalue weighted by Gasteiger charge is 2.46. The average molecular weight is 484 g/mol. The molecule has 0 bridgehead atoms. The minimum Gasteiger partial charge on any atom is -0.416 e. The number of fused-ring (bicyclic) bond motifs is 1. The first-order chi connectivity index (χ1) is 14.0. The van der Waals surface area contributed by atoms with Gasteiger partial charge in [-0.3, -0.25) is 0 Å². The quantitative estimate of drug-likeness (QED) is 0.539. The van der Waals surface area contributed by atoms with Gasteiger partial charge >= 0.3 is 12.3 Å². The summed E-state index contributed by atoms with van der Waals surface area (Å²) in [6, 6.07) is 0.798. The van der Waals surface area contributed by atoms with Crippen molar-refractivity contribution >= 4 is 31.8 Å². The summed E-state index contributed by atoms with van der Waals surface area (Å²) in [5.74, 6) is 0.168. The number of carbonyl (C=O) groups is 1. The number of alkyl halides is 3. The van der Waals surface area contributed by atoms with E-state index in [1.807, 2.05) is 0 Å². The SMILES string of the molecule is C=C(C)OC(=O)N1CCC2(CC1)Nc1cc(C(F)(F)F)c(S(N)(=O)=O)cc1S(=O)(=O)N2. The molecule has 1 saturated heterocycles. The number of allylic oxidation sites excluding steroid dienone is 1. The van der Waals surface area contributed by atoms with Crippen molar-refractivity contribution in [3.05, 3.63) is 30.0 Å². The van der Waals surface area contributed by atoms with Gasteiger partial charge in [-0.2, -0.15) is 17.9 Å². The first-order valence-electron chi connectivity index (χ1n) is 8.77. The number of carbonyl (C=O) groups excluding carboxylic acids is 1. The van der Waals surface area contributed by atoms with Gasteiger partial charge in [0.1, 0.15) is 10.6 Å². The molecule has 1 aromatic rings. The third-order valence-electron chi connectivity index (χ3n) is 4.82. The first-order valence-corrected chi connectivity index (χ1v) is 11.8. The van der Waals surface area contributed by atoms with Crippen molar-refractivity contribution in [3.63, 3.8) is 0 Å². The molecule has 31 heavy (non-hydrogen) atoms. The lowest BCUT2D eigenvalue weighted by Gasteiger charge is -2.45. The molecule has 1 fully saturated rings. The third-order valence-corrected chi connectivity index (χ3v) is 7.35. The van der Waals surface area contributed by atoms with Crippen LogP contribution in [0.1, 0.15) is 25.3 Å². The van der Waals surface area contributed by atoms with Gasteiger partial charge in [0.25, 0.3) is 0 Å². The van der Waals surface area contributed by atoms with Crippen LogP contribution in [0.2, 0.25) is 0 Å². The van der Waals surface area contributed by atoms with Gasteiger partial charge in [0.05, 0.1) is 21.9 Å². The number of nitrogens with two attached hydrogens (primary N) is 1. The van der Waals surface area contributed by atoms with E-state index in [1.54, 1.807) is 0 Å². The molecule has 2 heterocycles. The second-order valence-electron chi connectivity index (χ2n) is 7.26. The maximum Gasteiger partial charge on any atom is 0.417 e. The number of primary sulfonamides is 1. The van der Waals surface area contributed by atoms with Crippen LogP contribution in [0.25, 0.3) is 0 Å². The number of nitrogens with zero attached hydrogens (tertiary/aromatic N) is 1. The number of benzene rings is 1. The van der Waals surface area contributed by atoms with Gasteiger partial charge in [-0.05, 0) is 19.1 Å². The lowest BCUT2D eigenvalue weighted by atomic mass is 9.97. The number of hydrogen-bond acceptors (Lipinski definition) is 7. The predicted octanol–water partition coefficient (Wildman–Crippen LogP) is 1.52. The van der Waals surface area contributed by atoms with Crippen molar-refractivity contribution in [1.82, 2.24) is 9.62 Å². The van der Waals surface area contributed by atoms with E-state index in [0.717, 1.165) is 0 Å². The lowest BCUT2D eigenvalue weighted by molar-refractivity contribution is -0.139. The predicted molar refractivity (Wildman–Crippen MR) is 102 cm³/mol. The van der Waals surface area contributed by atoms with Crippen LogP contribution in [-0.4, -0.2) is 46.6 Å². The van der Waals surface area contributed by atoms with Gasteiger partial charge in [0.15, 0.2) is 0 Å². The van der Waals surface area contributed by atoms with Crippen LogP contribution in [0.15, 0.2) is 34.3 Å². The van der Waals surface area contributed by atoms with Gasteiger partial charge in [-0.25, -0.2) is 26.8 Å². The average Bonchev–Trinajstić information content (AvgIpc) is 2.58. The van der Waals surface area contributed by atoms with E-state index < -0.39 is 59.0 Å². The molecule has 0 unspecified atom stereocenters. The Labute approximate surface area is 176 Å². The van der Waals surface area contributed by atoms with Crippen LogP contribution in [0.4, 0.5) is 23.7 Å². The summed E-state index contributed by atoms with van der Waals surface area (Å²) in [5.41, 5.74) is -3.38. The molecule has 15 heteroatoms. The Morgan fingerprint density at radius 3 is 2.35 bits per heavy atom. The first kappa shape index (κ1) is 23.3. The van der Waals surface area contributed by atoms with Crippen molar-refractivity contribution in [2.45, 2.75) is 41.4 Å². The summed E-state index contributed by atoms with van der Waals surface area (Å²) in [5, 5.41) is 7.61. The fourth-order valence-corrected chi connectivity index (χ4v) is 5.84. The smallest absolute Gasteiger partial charge is 0.416 e. The Morgan fingerprint density at radius 2 is 1.87 bits per heavy atom. The molecule has 0 aromatic heterocycles. The van der Waals surface area contributed by atoms with Gasteiger partial charge in [0, 0.05) is 25.9 Å². The summed E-state index contributed by atoms with van der Waals surface area (Å²) in [4.78, 5) is 11.3. The van der Waals surface area contributed by atoms with Gasteiger partial charge in [-0.15, -0.1) is 0 Å². The number of hydrogen-bond donors (Lipinski definition) is 3. The molecule has 0 atom stereocenters. The fourth-order valence-electron chi connectivity index (χ4n) is 3.45. The highest BCUT2D eigenvalue weighted by Crippen LogP contribution is 2.42. The molecular weight excluding hydrogens is 465 g/mol. The van der Waals surface area contributed by atoms with Crippen LogP contribution < -0.4 is 15.2 Å². The largest absolute Gasteiger partial charge is 0.417 e. The zero-order chi connectivity index (χ0) is 23.4. The van der Waals surface area contributed by atoms with Crippen LogP contribution in [0.5, 0.6) is 0 Å². The molecule has 2 aliphatic heterocycles. The molecule has 0 saturated carbocycles. The minimum absolute atomic E-state index is 0.00918. The standard InChI is InChI=1S/C16H19F3N4O6S2/c1-9(2)29-14(24)23-5-3-15(4-6-23)21-11-7-10(16(17,18)19)12(30(20,25)26)8-13(11)31(27,28)22-15/h7-8,21-22H,1,3-6H2,2H3,(H2,20,25,26). The highest BCUT2D eigenvalue weighted by molar-refractivity contribution is 7.90. The number of halogens is 3. The van der Waals surface area contributed by atoms with Crippen molar-refractivity contribution in [3.8, 4) is 0 Å². The van der Waals surface area contributed by atoms with E-state index in [4.69, 9.17) is 9.88 Å². The molecule has 3 rings (SSSR count). The van der Waals surface area contributed by atoms with Crippen molar-refractivity contribution in [2.75, 3.05) is 18.4 Å². The van der Waals surface area contributed by atoms with Crippen molar-refractivity contribution in [1.29, 1.82) is 0 Å². The summed E-state index contributed by atoms with van der Waals surface area (Å²) < 4.78 is 96.4. The summed E-state index contributed by atoms with van der Waals surface area (Å²) >= 11 is 0. The maximum absolute atomic E-state index is 13.4. The number of sulfonamides is 2. The molecule has 0 radical (unpaired) electrons. The van der Waals surface area contributed by atoms with Crippen LogP contribution >= 0.6 is 0 Å². The topological polar surface area (TPSA) is 148 Å². The number of ether oxygens (including phenoxy) is 1. The summed E-state index contributed by atoms with van der Waals surface area (Å²) in [6.07, 6.45) is -5.76. The number of likely N-dealkylation sites (tertiary alicyclic amines) is 1. The highest BCUT2D eigenvalue weighted by atomic mass is 32.2. The van der Waals surface area contributed by atoms with Gasteiger partial charge < -0.3 is 15.0 Å². The van der Waals surface area contributed by atoms with Crippen LogP contribution in [0.3, 0.4) is 0 Å². The second kappa shape index (κ2) is 7.36. The zero-order valence-corrected chi connectivity index (χ0v) is 17.7. The zero-order valence-electron chi connectivity index (χ0n) is 16.1. The lowest BCUT2D eigenvalue weighted by Crippen LogP contribution is -2.62. The van der Waals surface area contributed by atoms with E-state index in [1.165, 1.54) is 11.8 Å². The Balaban J connectivity index is 1.99. The van der Waals surface area contributed by atoms with E-state index in [-0.39, 0.29) is 31.7 Å². The third kappa shape index (κ3) is 4.63. The Hall–Kier alpha value is -2.36. The summed E-state index contributed by atoms with van der Waals surface area (Å²) in [6.45, 7) is 5.01. The molecule has 172 valence electrons. The Kier molecular flexibility index (Phi) is 5.53. The van der Waals surface area contributed by atoms with Gasteiger partial charge in [0.2, 0.25) is 20.0 Å². The van der Waals surface area contributed by atoms with Crippen molar-refractivity contribution < 1.29 is 39.5 Å². The number of anilines is 1. The van der Waals surface area contributed by atoms with Crippen LogP contribution in [0, 0.1) is 0 Å². The summed E-state index contributed by atoms with van der Waals surface area (Å²) in [7, 11) is -9.27. The monoisotopic (exact) mass is 484 g/mol. The number of piperidine rings is 1. The maximum atomic E-state index is 13.4. The van der Waals surface area contributed by atoms with E-state index in [2.05, 4.69) is 16.6 Å². The normalized spacial score (nSPS) is 20.0. The molecule has 1 spiro atoms. The number of amides is 1. The van der Waals surface area contributed by atoms with E-state index in [0.29, 0.717) is 12.1 Å². The minimum atomic E-state index is -5.10. The number of rotatable bonds is 2. The fraction of sp³-hybridized carbons (Fsp3) is 0.438. The Bertz CT molecular complexity index is 1160. The Morgan fingerprint density at radius 1 is 1.29 bits per heavy atom. The van der Waals surface area contributed by atoms with E-state index in [9.17, 15) is 34.8 Å². The molecule has 0 aliphatic carbocycles. The number of nitrogens with one attached hydrogen (secondary N) is 2. The van der Waals surface area contributed by atoms with E-state index >= 15 is 0 Å². The van der Waals surface area contributed by atoms with Gasteiger partial charge in [-0.1, -0.05) is 6.58 Å². The molecular formula is C16H19F3N4O6S2.